The molecule has 0 bridgehead atoms. The van der Waals surface area contributed by atoms with Crippen LogP contribution in [0.3, 0.4) is 0 Å². The Balaban J connectivity index is 1.02. The normalized spacial score (nSPS) is 12.4. The lowest BCUT2D eigenvalue weighted by Gasteiger charge is -2.17. The molecule has 0 spiro atoms. The first-order chi connectivity index (χ1) is 33.7. The fourth-order valence-electron chi connectivity index (χ4n) is 12.1. The molecule has 312 valence electrons. The first-order valence-corrected chi connectivity index (χ1v) is 23.5. The van der Waals surface area contributed by atoms with Gasteiger partial charge in [-0.3, -0.25) is 0 Å². The summed E-state index contributed by atoms with van der Waals surface area (Å²) < 4.78 is 4.98. The third-order valence-corrected chi connectivity index (χ3v) is 15.0. The molecular weight excluding hydrogens is 823 g/mol. The van der Waals surface area contributed by atoms with E-state index in [0.717, 1.165) is 39.4 Å². The Morgan fingerprint density at radius 3 is 1.29 bits per heavy atom. The summed E-state index contributed by atoms with van der Waals surface area (Å²) in [5.74, 6) is 0. The Hall–Kier alpha value is -9.05. The predicted octanol–water partition coefficient (Wildman–Crippen LogP) is 17.6. The van der Waals surface area contributed by atoms with Crippen LogP contribution in [0.25, 0.3) is 153 Å². The van der Waals surface area contributed by atoms with Crippen molar-refractivity contribution in [3.63, 3.8) is 0 Å². The number of benzene rings is 13. The highest BCUT2D eigenvalue weighted by atomic mass is 15.0. The van der Waals surface area contributed by atoms with Gasteiger partial charge in [-0.1, -0.05) is 158 Å². The molecule has 0 aliphatic heterocycles. The molecule has 0 radical (unpaired) electrons. The maximum absolute atomic E-state index is 5.68. The Labute approximate surface area is 389 Å². The number of aromatic nitrogens is 3. The molecule has 0 atom stereocenters. The standard InChI is InChI=1S/C65H37N3/c1-2-10-43-35-50(28-27-38(43)9-1)67-58-18-6-4-16-54(58)64-59(67)30-29-53-52-15-3-5-17-57(52)68(65(53)64)51-36-55(48-31-44-23-19-39-11-7-12-40-20-24-45(32-48)62(44)60(39)40)66-56(37-51)49-33-46-25-21-41-13-8-14-42-22-26-47(34-49)63(46)61(41)42/h1-37H. The van der Waals surface area contributed by atoms with Crippen LogP contribution in [0.1, 0.15) is 0 Å². The van der Waals surface area contributed by atoms with Gasteiger partial charge in [-0.05, 0) is 142 Å². The molecule has 3 heteroatoms. The molecule has 3 nitrogen and oxygen atoms in total. The number of para-hydroxylation sites is 2. The summed E-state index contributed by atoms with van der Waals surface area (Å²) >= 11 is 0. The van der Waals surface area contributed by atoms with E-state index in [1.807, 2.05) is 0 Å². The molecule has 0 aliphatic carbocycles. The van der Waals surface area contributed by atoms with Gasteiger partial charge in [0.1, 0.15) is 0 Å². The van der Waals surface area contributed by atoms with Crippen molar-refractivity contribution in [3.05, 3.63) is 224 Å². The van der Waals surface area contributed by atoms with Crippen molar-refractivity contribution >= 4 is 119 Å². The minimum absolute atomic E-state index is 0.935. The monoisotopic (exact) mass is 859 g/mol. The van der Waals surface area contributed by atoms with Crippen LogP contribution in [0.15, 0.2) is 224 Å². The van der Waals surface area contributed by atoms with Crippen molar-refractivity contribution < 1.29 is 0 Å². The van der Waals surface area contributed by atoms with Crippen LogP contribution in [0.2, 0.25) is 0 Å². The molecule has 0 aliphatic rings. The van der Waals surface area contributed by atoms with Crippen molar-refractivity contribution in [1.29, 1.82) is 0 Å². The quantitative estimate of drug-likeness (QED) is 0.162. The number of nitrogens with zero attached hydrogens (tertiary/aromatic N) is 3. The van der Waals surface area contributed by atoms with E-state index >= 15 is 0 Å². The van der Waals surface area contributed by atoms with E-state index in [9.17, 15) is 0 Å². The first-order valence-electron chi connectivity index (χ1n) is 23.5. The molecule has 16 aromatic rings. The van der Waals surface area contributed by atoms with Gasteiger partial charge in [-0.15, -0.1) is 0 Å². The van der Waals surface area contributed by atoms with Gasteiger partial charge in [0.05, 0.1) is 39.1 Å². The van der Waals surface area contributed by atoms with Gasteiger partial charge in [-0.25, -0.2) is 4.98 Å². The Morgan fingerprint density at radius 2 is 0.706 bits per heavy atom. The van der Waals surface area contributed by atoms with Gasteiger partial charge in [0.2, 0.25) is 0 Å². The van der Waals surface area contributed by atoms with Gasteiger partial charge >= 0.3 is 0 Å². The van der Waals surface area contributed by atoms with E-state index in [0.29, 0.717) is 0 Å². The molecule has 3 aromatic heterocycles. The van der Waals surface area contributed by atoms with Crippen molar-refractivity contribution in [1.82, 2.24) is 14.1 Å². The van der Waals surface area contributed by atoms with E-state index in [4.69, 9.17) is 4.98 Å². The fourth-order valence-corrected chi connectivity index (χ4v) is 12.1. The smallest absolute Gasteiger partial charge is 0.0730 e. The lowest BCUT2D eigenvalue weighted by molar-refractivity contribution is 1.16. The average molecular weight is 860 g/mol. The predicted molar refractivity (Wildman–Crippen MR) is 289 cm³/mol. The van der Waals surface area contributed by atoms with Crippen LogP contribution in [0.5, 0.6) is 0 Å². The van der Waals surface area contributed by atoms with Gasteiger partial charge in [0.25, 0.3) is 0 Å². The lowest BCUT2D eigenvalue weighted by Crippen LogP contribution is -1.99. The molecule has 0 unspecified atom stereocenters. The highest BCUT2D eigenvalue weighted by Crippen LogP contribution is 2.45. The topological polar surface area (TPSA) is 22.8 Å². The molecular formula is C65H37N3. The van der Waals surface area contributed by atoms with Crippen LogP contribution < -0.4 is 0 Å². The number of fused-ring (bicyclic) bond motifs is 8. The number of pyridine rings is 1. The molecule has 0 saturated carbocycles. The largest absolute Gasteiger partial charge is 0.309 e. The van der Waals surface area contributed by atoms with E-state index in [-0.39, 0.29) is 0 Å². The van der Waals surface area contributed by atoms with E-state index in [2.05, 4.69) is 234 Å². The third-order valence-electron chi connectivity index (χ3n) is 15.0. The van der Waals surface area contributed by atoms with Gasteiger partial charge in [0, 0.05) is 38.4 Å². The molecule has 0 amide bonds. The van der Waals surface area contributed by atoms with Gasteiger partial charge < -0.3 is 9.13 Å². The van der Waals surface area contributed by atoms with Crippen LogP contribution in [0.4, 0.5) is 0 Å². The molecule has 0 N–H and O–H groups in total. The van der Waals surface area contributed by atoms with Gasteiger partial charge in [0.15, 0.2) is 0 Å². The number of rotatable bonds is 4. The van der Waals surface area contributed by atoms with Crippen molar-refractivity contribution in [2.45, 2.75) is 0 Å². The summed E-state index contributed by atoms with van der Waals surface area (Å²) in [5.41, 5.74) is 11.0. The molecule has 3 heterocycles. The first kappa shape index (κ1) is 36.2. The molecule has 16 rings (SSSR count). The second kappa shape index (κ2) is 13.3. The Bertz CT molecular complexity index is 4500. The van der Waals surface area contributed by atoms with E-state index in [1.54, 1.807) is 0 Å². The second-order valence-electron chi connectivity index (χ2n) is 18.7. The highest BCUT2D eigenvalue weighted by molar-refractivity contribution is 6.27. The van der Waals surface area contributed by atoms with Crippen LogP contribution in [0, 0.1) is 0 Å². The molecule has 13 aromatic carbocycles. The zero-order chi connectivity index (χ0) is 44.2. The lowest BCUT2D eigenvalue weighted by atomic mass is 9.91. The zero-order valence-electron chi connectivity index (χ0n) is 36.7. The van der Waals surface area contributed by atoms with Gasteiger partial charge in [-0.2, -0.15) is 0 Å². The minimum Gasteiger partial charge on any atom is -0.309 e. The van der Waals surface area contributed by atoms with E-state index in [1.165, 1.54) is 114 Å². The van der Waals surface area contributed by atoms with Crippen molar-refractivity contribution in [2.75, 3.05) is 0 Å². The maximum atomic E-state index is 5.68. The Morgan fingerprint density at radius 1 is 0.250 bits per heavy atom. The Kier molecular flexibility index (Phi) is 7.07. The van der Waals surface area contributed by atoms with Crippen LogP contribution in [-0.4, -0.2) is 14.1 Å². The number of hydrogen-bond donors (Lipinski definition) is 0. The van der Waals surface area contributed by atoms with Crippen LogP contribution >= 0.6 is 0 Å². The molecule has 0 fully saturated rings. The SMILES string of the molecule is c1ccc2cc(-n3c4ccccc4c4c3ccc3c5ccccc5n(-c5cc(-c6cc7ccc8cccc9ccc(c6)c7c89)nc(-c6cc7ccc8cccc9ccc(c6)c7c89)c5)c34)ccc2c1. The molecule has 68 heavy (non-hydrogen) atoms. The van der Waals surface area contributed by atoms with Crippen molar-refractivity contribution in [2.24, 2.45) is 0 Å². The average Bonchev–Trinajstić information content (AvgIpc) is 3.92. The summed E-state index contributed by atoms with van der Waals surface area (Å²) in [6.07, 6.45) is 0. The minimum atomic E-state index is 0.935. The number of hydrogen-bond acceptors (Lipinski definition) is 1. The maximum Gasteiger partial charge on any atom is 0.0730 e. The van der Waals surface area contributed by atoms with Crippen LogP contribution in [-0.2, 0) is 0 Å². The molecule has 0 saturated heterocycles. The summed E-state index contributed by atoms with van der Waals surface area (Å²) in [5, 5.41) is 22.6. The zero-order valence-corrected chi connectivity index (χ0v) is 36.7. The second-order valence-corrected chi connectivity index (χ2v) is 18.7. The summed E-state index contributed by atoms with van der Waals surface area (Å²) in [6, 6.07) is 83.5. The summed E-state index contributed by atoms with van der Waals surface area (Å²) in [6.45, 7) is 0. The fraction of sp³-hybridized carbons (Fsp3) is 0. The van der Waals surface area contributed by atoms with E-state index < -0.39 is 0 Å². The third kappa shape index (κ3) is 4.94. The summed E-state index contributed by atoms with van der Waals surface area (Å²) in [7, 11) is 0. The van der Waals surface area contributed by atoms with Crippen molar-refractivity contribution in [3.8, 4) is 33.9 Å². The highest BCUT2D eigenvalue weighted by Gasteiger charge is 2.23. The summed E-state index contributed by atoms with van der Waals surface area (Å²) in [4.78, 5) is 5.68.